The number of amides is 1. The van der Waals surface area contributed by atoms with Gasteiger partial charge in [-0.25, -0.2) is 4.98 Å². The lowest BCUT2D eigenvalue weighted by Crippen LogP contribution is -2.11. The summed E-state index contributed by atoms with van der Waals surface area (Å²) in [6.07, 6.45) is 1.44. The van der Waals surface area contributed by atoms with Crippen molar-refractivity contribution in [3.63, 3.8) is 0 Å². The number of rotatable bonds is 3. The highest BCUT2D eigenvalue weighted by atomic mass is 35.5. The third-order valence-electron chi connectivity index (χ3n) is 3.75. The molecular formula is C19H13ClN2O3. The maximum Gasteiger partial charge on any atom is 0.291 e. The average molecular weight is 353 g/mol. The molecule has 1 N–H and O–H groups in total. The second kappa shape index (κ2) is 6.11. The summed E-state index contributed by atoms with van der Waals surface area (Å²) in [5, 5.41) is 3.14. The predicted octanol–water partition coefficient (Wildman–Crippen LogP) is 5.30. The highest BCUT2D eigenvalue weighted by Crippen LogP contribution is 2.31. The molecule has 0 aliphatic heterocycles. The van der Waals surface area contributed by atoms with Crippen LogP contribution >= 0.6 is 11.6 Å². The molecule has 0 aliphatic carbocycles. The summed E-state index contributed by atoms with van der Waals surface area (Å²) in [4.78, 5) is 16.6. The number of aryl methyl sites for hydroxylation is 1. The fourth-order valence-electron chi connectivity index (χ4n) is 2.50. The standard InChI is InChI=1S/C19H13ClN2O3/c1-11-4-7-14-17(9-11)25-19(22-14)12-5-6-13(20)15(10-12)21-18(23)16-3-2-8-24-16/h2-10H,1H3,(H,21,23). The molecule has 4 aromatic rings. The zero-order chi connectivity index (χ0) is 17.4. The number of halogens is 1. The van der Waals surface area contributed by atoms with Crippen LogP contribution in [0.5, 0.6) is 0 Å². The largest absolute Gasteiger partial charge is 0.459 e. The first-order valence-corrected chi connectivity index (χ1v) is 8.00. The van der Waals surface area contributed by atoms with Crippen LogP contribution in [0, 0.1) is 6.92 Å². The molecule has 0 spiro atoms. The van der Waals surface area contributed by atoms with Crippen molar-refractivity contribution in [3.8, 4) is 11.5 Å². The van der Waals surface area contributed by atoms with E-state index in [1.807, 2.05) is 25.1 Å². The van der Waals surface area contributed by atoms with Gasteiger partial charge in [0.15, 0.2) is 11.3 Å². The zero-order valence-electron chi connectivity index (χ0n) is 13.2. The van der Waals surface area contributed by atoms with Gasteiger partial charge in [0.05, 0.1) is 17.0 Å². The Morgan fingerprint density at radius 3 is 2.84 bits per heavy atom. The quantitative estimate of drug-likeness (QED) is 0.543. The van der Waals surface area contributed by atoms with E-state index in [2.05, 4.69) is 10.3 Å². The minimum Gasteiger partial charge on any atom is -0.459 e. The first kappa shape index (κ1) is 15.5. The molecule has 0 fully saturated rings. The van der Waals surface area contributed by atoms with Gasteiger partial charge in [-0.2, -0.15) is 0 Å². The van der Waals surface area contributed by atoms with Crippen molar-refractivity contribution in [1.82, 2.24) is 4.98 Å². The molecule has 2 heterocycles. The van der Waals surface area contributed by atoms with Crippen LogP contribution in [-0.4, -0.2) is 10.9 Å². The number of furan rings is 1. The summed E-state index contributed by atoms with van der Waals surface area (Å²) in [7, 11) is 0. The Balaban J connectivity index is 1.69. The second-order valence-corrected chi connectivity index (χ2v) is 6.02. The molecule has 124 valence electrons. The summed E-state index contributed by atoms with van der Waals surface area (Å²) >= 11 is 6.19. The average Bonchev–Trinajstić information content (AvgIpc) is 3.25. The normalized spacial score (nSPS) is 11.0. The van der Waals surface area contributed by atoms with Gasteiger partial charge < -0.3 is 14.2 Å². The van der Waals surface area contributed by atoms with Crippen LogP contribution in [0.15, 0.2) is 63.6 Å². The van der Waals surface area contributed by atoms with Gasteiger partial charge in [-0.15, -0.1) is 0 Å². The predicted molar refractivity (Wildman–Crippen MR) is 95.9 cm³/mol. The van der Waals surface area contributed by atoms with E-state index in [0.717, 1.165) is 11.1 Å². The summed E-state index contributed by atoms with van der Waals surface area (Å²) in [5.74, 6) is 0.293. The molecular weight excluding hydrogens is 340 g/mol. The second-order valence-electron chi connectivity index (χ2n) is 5.62. The number of oxazole rings is 1. The first-order valence-electron chi connectivity index (χ1n) is 7.62. The smallest absolute Gasteiger partial charge is 0.291 e. The van der Waals surface area contributed by atoms with E-state index < -0.39 is 0 Å². The van der Waals surface area contributed by atoms with Gasteiger partial charge in [-0.3, -0.25) is 4.79 Å². The van der Waals surface area contributed by atoms with Gasteiger partial charge in [-0.1, -0.05) is 17.7 Å². The van der Waals surface area contributed by atoms with E-state index >= 15 is 0 Å². The van der Waals surface area contributed by atoms with Crippen LogP contribution < -0.4 is 5.32 Å². The Morgan fingerprint density at radius 1 is 1.16 bits per heavy atom. The van der Waals surface area contributed by atoms with Crippen molar-refractivity contribution in [2.45, 2.75) is 6.92 Å². The summed E-state index contributed by atoms with van der Waals surface area (Å²) in [5.41, 5.74) is 3.76. The molecule has 0 saturated carbocycles. The van der Waals surface area contributed by atoms with Crippen LogP contribution in [0.4, 0.5) is 5.69 Å². The third kappa shape index (κ3) is 3.02. The number of aromatic nitrogens is 1. The van der Waals surface area contributed by atoms with Gasteiger partial charge in [0, 0.05) is 5.56 Å². The van der Waals surface area contributed by atoms with Crippen molar-refractivity contribution in [3.05, 3.63) is 71.1 Å². The third-order valence-corrected chi connectivity index (χ3v) is 4.08. The van der Waals surface area contributed by atoms with Gasteiger partial charge in [0.25, 0.3) is 5.91 Å². The maximum atomic E-state index is 12.2. The van der Waals surface area contributed by atoms with Crippen LogP contribution in [-0.2, 0) is 0 Å². The fourth-order valence-corrected chi connectivity index (χ4v) is 2.67. The maximum absolute atomic E-state index is 12.2. The highest BCUT2D eigenvalue weighted by Gasteiger charge is 2.14. The minimum absolute atomic E-state index is 0.207. The fraction of sp³-hybridized carbons (Fsp3) is 0.0526. The van der Waals surface area contributed by atoms with Crippen LogP contribution in [0.25, 0.3) is 22.6 Å². The number of carbonyl (C=O) groups is 1. The molecule has 0 saturated heterocycles. The molecule has 4 rings (SSSR count). The minimum atomic E-state index is -0.378. The van der Waals surface area contributed by atoms with Gasteiger partial charge in [-0.05, 0) is 55.0 Å². The van der Waals surface area contributed by atoms with Crippen LogP contribution in [0.2, 0.25) is 5.02 Å². The molecule has 2 aromatic carbocycles. The van der Waals surface area contributed by atoms with Crippen LogP contribution in [0.3, 0.4) is 0 Å². The Labute approximate surface area is 148 Å². The lowest BCUT2D eigenvalue weighted by molar-refractivity contribution is 0.0996. The topological polar surface area (TPSA) is 68.3 Å². The lowest BCUT2D eigenvalue weighted by Gasteiger charge is -2.07. The van der Waals surface area contributed by atoms with E-state index in [0.29, 0.717) is 27.7 Å². The molecule has 25 heavy (non-hydrogen) atoms. The van der Waals surface area contributed by atoms with Crippen molar-refractivity contribution >= 4 is 34.3 Å². The number of hydrogen-bond acceptors (Lipinski definition) is 4. The first-order chi connectivity index (χ1) is 12.1. The van der Waals surface area contributed by atoms with Gasteiger partial charge >= 0.3 is 0 Å². The van der Waals surface area contributed by atoms with Crippen molar-refractivity contribution < 1.29 is 13.6 Å². The van der Waals surface area contributed by atoms with Gasteiger partial charge in [0.2, 0.25) is 5.89 Å². The van der Waals surface area contributed by atoms with Crippen molar-refractivity contribution in [2.24, 2.45) is 0 Å². The van der Waals surface area contributed by atoms with Crippen LogP contribution in [0.1, 0.15) is 16.1 Å². The number of hydrogen-bond donors (Lipinski definition) is 1. The number of fused-ring (bicyclic) bond motifs is 1. The van der Waals surface area contributed by atoms with E-state index in [9.17, 15) is 4.79 Å². The van der Waals surface area contributed by atoms with Gasteiger partial charge in [0.1, 0.15) is 5.52 Å². The van der Waals surface area contributed by atoms with E-state index in [4.69, 9.17) is 20.4 Å². The molecule has 2 aromatic heterocycles. The molecule has 0 radical (unpaired) electrons. The Bertz CT molecular complexity index is 1070. The Hall–Kier alpha value is -3.05. The number of anilines is 1. The van der Waals surface area contributed by atoms with E-state index in [1.165, 1.54) is 6.26 Å². The zero-order valence-corrected chi connectivity index (χ0v) is 14.0. The van der Waals surface area contributed by atoms with Crippen molar-refractivity contribution in [2.75, 3.05) is 5.32 Å². The van der Waals surface area contributed by atoms with E-state index in [-0.39, 0.29) is 11.7 Å². The Morgan fingerprint density at radius 2 is 2.04 bits per heavy atom. The molecule has 0 bridgehead atoms. The van der Waals surface area contributed by atoms with E-state index in [1.54, 1.807) is 30.3 Å². The highest BCUT2D eigenvalue weighted by molar-refractivity contribution is 6.34. The lowest BCUT2D eigenvalue weighted by atomic mass is 10.2. The SMILES string of the molecule is Cc1ccc2nc(-c3ccc(Cl)c(NC(=O)c4ccco4)c3)oc2c1. The van der Waals surface area contributed by atoms with Crippen molar-refractivity contribution in [1.29, 1.82) is 0 Å². The molecule has 0 aliphatic rings. The Kier molecular flexibility index (Phi) is 3.78. The molecule has 6 heteroatoms. The number of nitrogens with one attached hydrogen (secondary N) is 1. The molecule has 0 unspecified atom stereocenters. The number of benzene rings is 2. The molecule has 0 atom stereocenters. The summed E-state index contributed by atoms with van der Waals surface area (Å²) in [6, 6.07) is 14.3. The number of nitrogens with zero attached hydrogens (tertiary/aromatic N) is 1. The summed E-state index contributed by atoms with van der Waals surface area (Å²) < 4.78 is 10.9. The molecule has 1 amide bonds. The molecule has 5 nitrogen and oxygen atoms in total. The summed E-state index contributed by atoms with van der Waals surface area (Å²) in [6.45, 7) is 1.99. The monoisotopic (exact) mass is 352 g/mol. The number of carbonyl (C=O) groups excluding carboxylic acids is 1.